The number of ether oxygens (including phenoxy) is 1. The van der Waals surface area contributed by atoms with Crippen LogP contribution in [-0.2, 0) is 14.3 Å². The van der Waals surface area contributed by atoms with Gasteiger partial charge in [-0.2, -0.15) is 0 Å². The van der Waals surface area contributed by atoms with Gasteiger partial charge in [-0.1, -0.05) is 25.0 Å². The number of fused-ring (bicyclic) bond motifs is 1. The summed E-state index contributed by atoms with van der Waals surface area (Å²) in [6.07, 6.45) is 9.39. The average Bonchev–Trinajstić information content (AvgIpc) is 2.91. The van der Waals surface area contributed by atoms with E-state index in [2.05, 4.69) is 19.9 Å². The van der Waals surface area contributed by atoms with Gasteiger partial charge in [-0.25, -0.2) is 4.79 Å². The van der Waals surface area contributed by atoms with Crippen LogP contribution >= 0.6 is 0 Å². The number of esters is 1. The lowest BCUT2D eigenvalue weighted by Crippen LogP contribution is -2.52. The maximum atomic E-state index is 12.0. The van der Waals surface area contributed by atoms with E-state index in [-0.39, 0.29) is 17.3 Å². The van der Waals surface area contributed by atoms with Crippen molar-refractivity contribution in [1.29, 1.82) is 0 Å². The zero-order valence-corrected chi connectivity index (χ0v) is 14.9. The highest BCUT2D eigenvalue weighted by atomic mass is 16.5. The lowest BCUT2D eigenvalue weighted by molar-refractivity contribution is -0.162. The fraction of sp³-hybridized carbons (Fsp3) is 0.700. The summed E-state index contributed by atoms with van der Waals surface area (Å²) in [6.45, 7) is 6.77. The standard InChI is InChI=1S/C20H28O4/c1-13-5-8-16-19(2,10-4-11-20(16,3)18(22)23)15(13)7-6-14-9-12-24-17(14)21/h5,9,15-16H,4,6-8,10-12H2,1-3H3,(H,22,23)/t15-,16+,19+,20+/m0/s1. The molecule has 1 saturated carbocycles. The number of allylic oxidation sites excluding steroid dienone is 2. The van der Waals surface area contributed by atoms with E-state index in [9.17, 15) is 14.7 Å². The largest absolute Gasteiger partial charge is 0.481 e. The molecule has 0 bridgehead atoms. The Hall–Kier alpha value is -1.58. The number of carboxylic acids is 1. The summed E-state index contributed by atoms with van der Waals surface area (Å²) in [5, 5.41) is 9.85. The van der Waals surface area contributed by atoms with Crippen molar-refractivity contribution in [3.63, 3.8) is 0 Å². The van der Waals surface area contributed by atoms with Gasteiger partial charge in [-0.05, 0) is 69.3 Å². The van der Waals surface area contributed by atoms with E-state index in [0.29, 0.717) is 12.5 Å². The van der Waals surface area contributed by atoms with Gasteiger partial charge in [0.15, 0.2) is 0 Å². The number of carboxylic acid groups (broad SMARTS) is 1. The summed E-state index contributed by atoms with van der Waals surface area (Å²) in [6, 6.07) is 0. The van der Waals surface area contributed by atoms with Crippen LogP contribution in [0.2, 0.25) is 0 Å². The Balaban J connectivity index is 1.85. The van der Waals surface area contributed by atoms with Crippen molar-refractivity contribution >= 4 is 11.9 Å². The molecule has 0 radical (unpaired) electrons. The smallest absolute Gasteiger partial charge is 0.334 e. The van der Waals surface area contributed by atoms with Gasteiger partial charge in [-0.3, -0.25) is 4.79 Å². The van der Waals surface area contributed by atoms with Gasteiger partial charge >= 0.3 is 11.9 Å². The Morgan fingerprint density at radius 2 is 2.08 bits per heavy atom. The quantitative estimate of drug-likeness (QED) is 0.621. The van der Waals surface area contributed by atoms with E-state index in [1.54, 1.807) is 0 Å². The number of carbonyl (C=O) groups is 2. The number of carbonyl (C=O) groups excluding carboxylic acids is 1. The summed E-state index contributed by atoms with van der Waals surface area (Å²) >= 11 is 0. The van der Waals surface area contributed by atoms with Crippen LogP contribution in [-0.4, -0.2) is 23.7 Å². The first-order valence-corrected chi connectivity index (χ1v) is 9.05. The molecule has 3 rings (SSSR count). The highest BCUT2D eigenvalue weighted by Gasteiger charge is 2.56. The fourth-order valence-corrected chi connectivity index (χ4v) is 5.54. The molecule has 0 aromatic heterocycles. The van der Waals surface area contributed by atoms with E-state index in [0.717, 1.165) is 44.1 Å². The average molecular weight is 332 g/mol. The molecule has 0 saturated heterocycles. The Morgan fingerprint density at radius 1 is 1.33 bits per heavy atom. The van der Waals surface area contributed by atoms with E-state index < -0.39 is 11.4 Å². The Morgan fingerprint density at radius 3 is 2.71 bits per heavy atom. The first-order valence-electron chi connectivity index (χ1n) is 9.05. The van der Waals surface area contributed by atoms with Gasteiger partial charge < -0.3 is 9.84 Å². The fourth-order valence-electron chi connectivity index (χ4n) is 5.54. The SMILES string of the molecule is CC1=CC[C@@H]2[C@](C)(CCC[C@@]2(C)C(=O)O)[C@H]1CCC1=CCOC1=O. The second kappa shape index (κ2) is 6.05. The summed E-state index contributed by atoms with van der Waals surface area (Å²) in [5.74, 6) is -0.348. The molecule has 1 N–H and O–H groups in total. The molecule has 0 aromatic rings. The third-order valence-corrected chi connectivity index (χ3v) is 7.00. The number of aliphatic carboxylic acids is 1. The molecule has 0 aromatic carbocycles. The normalized spacial score (nSPS) is 38.9. The van der Waals surface area contributed by atoms with Crippen molar-refractivity contribution in [1.82, 2.24) is 0 Å². The molecule has 1 aliphatic heterocycles. The van der Waals surface area contributed by atoms with E-state index in [1.165, 1.54) is 5.57 Å². The first-order chi connectivity index (χ1) is 11.3. The minimum absolute atomic E-state index is 0.00665. The number of hydrogen-bond acceptors (Lipinski definition) is 3. The van der Waals surface area contributed by atoms with Crippen LogP contribution in [0.3, 0.4) is 0 Å². The summed E-state index contributed by atoms with van der Waals surface area (Å²) < 4.78 is 5.00. The molecule has 132 valence electrons. The van der Waals surface area contributed by atoms with Crippen molar-refractivity contribution in [3.8, 4) is 0 Å². The molecule has 1 heterocycles. The molecular formula is C20H28O4. The Bertz CT molecular complexity index is 617. The molecule has 0 spiro atoms. The highest BCUT2D eigenvalue weighted by Crippen LogP contribution is 2.60. The predicted octanol–water partition coefficient (Wildman–Crippen LogP) is 4.11. The third-order valence-electron chi connectivity index (χ3n) is 7.00. The zero-order chi connectivity index (χ0) is 17.5. The molecule has 4 atom stereocenters. The maximum absolute atomic E-state index is 12.0. The number of cyclic esters (lactones) is 1. The van der Waals surface area contributed by atoms with Crippen LogP contribution in [0.25, 0.3) is 0 Å². The second-order valence-electron chi connectivity index (χ2n) is 8.24. The maximum Gasteiger partial charge on any atom is 0.334 e. The van der Waals surface area contributed by atoms with Gasteiger partial charge in [0.05, 0.1) is 5.41 Å². The first kappa shape index (κ1) is 17.2. The lowest BCUT2D eigenvalue weighted by Gasteiger charge is -2.56. The van der Waals surface area contributed by atoms with Crippen molar-refractivity contribution in [2.24, 2.45) is 22.7 Å². The van der Waals surface area contributed by atoms with Crippen molar-refractivity contribution in [2.75, 3.05) is 6.61 Å². The van der Waals surface area contributed by atoms with E-state index >= 15 is 0 Å². The van der Waals surface area contributed by atoms with Crippen molar-refractivity contribution in [2.45, 2.75) is 59.3 Å². The predicted molar refractivity (Wildman–Crippen MR) is 91.3 cm³/mol. The van der Waals surface area contributed by atoms with Gasteiger partial charge in [0, 0.05) is 5.57 Å². The van der Waals surface area contributed by atoms with Gasteiger partial charge in [0.1, 0.15) is 6.61 Å². The number of hydrogen-bond donors (Lipinski definition) is 1. The van der Waals surface area contributed by atoms with Crippen LogP contribution in [0, 0.1) is 22.7 Å². The van der Waals surface area contributed by atoms with Crippen molar-refractivity contribution < 1.29 is 19.4 Å². The highest BCUT2D eigenvalue weighted by molar-refractivity contribution is 5.90. The van der Waals surface area contributed by atoms with Gasteiger partial charge in [-0.15, -0.1) is 0 Å². The molecular weight excluding hydrogens is 304 g/mol. The lowest BCUT2D eigenvalue weighted by atomic mass is 9.47. The molecule has 4 heteroatoms. The van der Waals surface area contributed by atoms with Crippen LogP contribution in [0.1, 0.15) is 59.3 Å². The van der Waals surface area contributed by atoms with Crippen LogP contribution in [0.5, 0.6) is 0 Å². The summed E-state index contributed by atoms with van der Waals surface area (Å²) in [7, 11) is 0. The van der Waals surface area contributed by atoms with E-state index in [4.69, 9.17) is 4.74 Å². The van der Waals surface area contributed by atoms with Gasteiger partial charge in [0.2, 0.25) is 0 Å². The molecule has 24 heavy (non-hydrogen) atoms. The monoisotopic (exact) mass is 332 g/mol. The molecule has 4 nitrogen and oxygen atoms in total. The van der Waals surface area contributed by atoms with Gasteiger partial charge in [0.25, 0.3) is 0 Å². The number of rotatable bonds is 4. The summed E-state index contributed by atoms with van der Waals surface area (Å²) in [4.78, 5) is 23.7. The topological polar surface area (TPSA) is 63.6 Å². The van der Waals surface area contributed by atoms with Crippen LogP contribution < -0.4 is 0 Å². The van der Waals surface area contributed by atoms with Crippen molar-refractivity contribution in [3.05, 3.63) is 23.3 Å². The third kappa shape index (κ3) is 2.60. The van der Waals surface area contributed by atoms with E-state index in [1.807, 2.05) is 13.0 Å². The minimum Gasteiger partial charge on any atom is -0.481 e. The molecule has 3 aliphatic rings. The summed E-state index contributed by atoms with van der Waals surface area (Å²) in [5.41, 5.74) is 1.49. The molecule has 0 amide bonds. The second-order valence-corrected chi connectivity index (χ2v) is 8.24. The Labute approximate surface area is 144 Å². The van der Waals surface area contributed by atoms with Crippen LogP contribution in [0.4, 0.5) is 0 Å². The Kier molecular flexibility index (Phi) is 4.35. The van der Waals surface area contributed by atoms with Crippen LogP contribution in [0.15, 0.2) is 23.3 Å². The minimum atomic E-state index is -0.660. The molecule has 1 fully saturated rings. The zero-order valence-electron chi connectivity index (χ0n) is 14.9. The molecule has 0 unspecified atom stereocenters. The molecule has 2 aliphatic carbocycles.